The predicted molar refractivity (Wildman–Crippen MR) is 89.7 cm³/mol. The molecule has 2 aromatic carbocycles. The first-order valence-electron chi connectivity index (χ1n) is 7.86. The molecule has 0 heterocycles. The van der Waals surface area contributed by atoms with Gasteiger partial charge in [-0.05, 0) is 16.7 Å². The zero-order chi connectivity index (χ0) is 16.2. The average Bonchev–Trinajstić information content (AvgIpc) is 2.93. The number of benzene rings is 2. The summed E-state index contributed by atoms with van der Waals surface area (Å²) in [7, 11) is 0. The van der Waals surface area contributed by atoms with E-state index in [1.54, 1.807) is 0 Å². The molecule has 0 radical (unpaired) electrons. The Kier molecular flexibility index (Phi) is 4.70. The third-order valence-corrected chi connectivity index (χ3v) is 4.35. The highest BCUT2D eigenvalue weighted by atomic mass is 16.3. The molecule has 0 saturated carbocycles. The second-order valence-electron chi connectivity index (χ2n) is 5.91. The molecule has 2 aromatic rings. The van der Waals surface area contributed by atoms with Gasteiger partial charge in [0.15, 0.2) is 5.78 Å². The highest BCUT2D eigenvalue weighted by Crippen LogP contribution is 2.38. The molecule has 0 amide bonds. The van der Waals surface area contributed by atoms with Crippen LogP contribution in [-0.2, 0) is 11.2 Å². The number of carbonyl (C=O) groups excluding carboxylic acids is 1. The predicted octanol–water partition coefficient (Wildman–Crippen LogP) is 2.63. The van der Waals surface area contributed by atoms with Crippen LogP contribution in [0.15, 0.2) is 66.2 Å². The van der Waals surface area contributed by atoms with Crippen molar-refractivity contribution in [2.45, 2.75) is 18.9 Å². The number of carbonyl (C=O) groups is 1. The summed E-state index contributed by atoms with van der Waals surface area (Å²) in [5.74, 6) is -0.297. The van der Waals surface area contributed by atoms with Crippen LogP contribution in [0.5, 0.6) is 0 Å². The number of allylic oxidation sites excluding steroid dienone is 1. The Bertz CT molecular complexity index is 704. The first-order chi connectivity index (χ1) is 11.2. The van der Waals surface area contributed by atoms with Crippen LogP contribution in [0.25, 0.3) is 5.57 Å². The smallest absolute Gasteiger partial charge is 0.164 e. The highest BCUT2D eigenvalue weighted by molar-refractivity contribution is 6.24. The fourth-order valence-corrected chi connectivity index (χ4v) is 3.28. The SMILES string of the molecule is O=C1C[C@@H](CO)C([C@@H](O)Cc2ccccc2)=C1c1ccccc1. The molecule has 3 nitrogen and oxygen atoms in total. The standard InChI is InChI=1S/C20H20O3/c21-13-16-12-18(23)19(15-9-5-2-6-10-15)20(16)17(22)11-14-7-3-1-4-8-14/h1-10,16-17,21-22H,11-13H2/t16-,17-/m0/s1. The van der Waals surface area contributed by atoms with Crippen LogP contribution in [0.3, 0.4) is 0 Å². The van der Waals surface area contributed by atoms with Gasteiger partial charge in [0.1, 0.15) is 0 Å². The van der Waals surface area contributed by atoms with E-state index in [4.69, 9.17) is 0 Å². The van der Waals surface area contributed by atoms with E-state index in [2.05, 4.69) is 0 Å². The van der Waals surface area contributed by atoms with E-state index >= 15 is 0 Å². The van der Waals surface area contributed by atoms with Gasteiger partial charge >= 0.3 is 0 Å². The third kappa shape index (κ3) is 3.26. The molecule has 0 aromatic heterocycles. The van der Waals surface area contributed by atoms with E-state index in [9.17, 15) is 15.0 Å². The molecule has 0 spiro atoms. The highest BCUT2D eigenvalue weighted by Gasteiger charge is 2.35. The maximum absolute atomic E-state index is 12.4. The van der Waals surface area contributed by atoms with Gasteiger partial charge in [-0.15, -0.1) is 0 Å². The van der Waals surface area contributed by atoms with Crippen LogP contribution < -0.4 is 0 Å². The lowest BCUT2D eigenvalue weighted by Crippen LogP contribution is -2.21. The molecule has 1 aliphatic carbocycles. The van der Waals surface area contributed by atoms with Crippen molar-refractivity contribution in [3.63, 3.8) is 0 Å². The molecule has 23 heavy (non-hydrogen) atoms. The van der Waals surface area contributed by atoms with Crippen LogP contribution in [0, 0.1) is 5.92 Å². The van der Waals surface area contributed by atoms with Crippen molar-refractivity contribution < 1.29 is 15.0 Å². The van der Waals surface area contributed by atoms with E-state index in [0.29, 0.717) is 17.6 Å². The number of hydrogen-bond donors (Lipinski definition) is 2. The molecule has 0 aliphatic heterocycles. The largest absolute Gasteiger partial charge is 0.396 e. The van der Waals surface area contributed by atoms with Crippen molar-refractivity contribution in [3.8, 4) is 0 Å². The van der Waals surface area contributed by atoms with Gasteiger partial charge in [0, 0.05) is 24.3 Å². The Morgan fingerprint density at radius 1 is 1.00 bits per heavy atom. The van der Waals surface area contributed by atoms with Crippen LogP contribution in [0.2, 0.25) is 0 Å². The first-order valence-corrected chi connectivity index (χ1v) is 7.86. The number of ketones is 1. The number of aliphatic hydroxyl groups excluding tert-OH is 2. The zero-order valence-corrected chi connectivity index (χ0v) is 12.9. The molecule has 1 aliphatic rings. The first kappa shape index (κ1) is 15.7. The normalized spacial score (nSPS) is 19.2. The lowest BCUT2D eigenvalue weighted by molar-refractivity contribution is -0.113. The molecule has 0 unspecified atom stereocenters. The van der Waals surface area contributed by atoms with E-state index in [1.807, 2.05) is 60.7 Å². The van der Waals surface area contributed by atoms with Crippen LogP contribution in [-0.4, -0.2) is 28.7 Å². The maximum atomic E-state index is 12.4. The molecule has 3 heteroatoms. The molecule has 0 fully saturated rings. The van der Waals surface area contributed by atoms with Crippen molar-refractivity contribution in [1.29, 1.82) is 0 Å². The van der Waals surface area contributed by atoms with E-state index < -0.39 is 6.10 Å². The van der Waals surface area contributed by atoms with Crippen LogP contribution in [0.1, 0.15) is 17.5 Å². The fraction of sp³-hybridized carbons (Fsp3) is 0.250. The lowest BCUT2D eigenvalue weighted by Gasteiger charge is -2.19. The quantitative estimate of drug-likeness (QED) is 0.893. The topological polar surface area (TPSA) is 57.5 Å². The molecule has 2 atom stereocenters. The van der Waals surface area contributed by atoms with Gasteiger partial charge in [-0.1, -0.05) is 60.7 Å². The van der Waals surface area contributed by atoms with Gasteiger partial charge in [-0.2, -0.15) is 0 Å². The van der Waals surface area contributed by atoms with Gasteiger partial charge < -0.3 is 10.2 Å². The third-order valence-electron chi connectivity index (χ3n) is 4.35. The fourth-order valence-electron chi connectivity index (χ4n) is 3.28. The van der Waals surface area contributed by atoms with E-state index in [0.717, 1.165) is 11.1 Å². The van der Waals surface area contributed by atoms with Crippen LogP contribution >= 0.6 is 0 Å². The van der Waals surface area contributed by atoms with Gasteiger partial charge in [-0.25, -0.2) is 0 Å². The van der Waals surface area contributed by atoms with E-state index in [-0.39, 0.29) is 24.7 Å². The summed E-state index contributed by atoms with van der Waals surface area (Å²) in [6.07, 6.45) is -0.0609. The number of hydrogen-bond acceptors (Lipinski definition) is 3. The minimum atomic E-state index is -0.767. The number of aliphatic hydroxyl groups is 2. The van der Waals surface area contributed by atoms with Crippen molar-refractivity contribution in [2.75, 3.05) is 6.61 Å². The van der Waals surface area contributed by atoms with Crippen molar-refractivity contribution in [1.82, 2.24) is 0 Å². The second kappa shape index (κ2) is 6.90. The van der Waals surface area contributed by atoms with Crippen molar-refractivity contribution in [3.05, 3.63) is 77.4 Å². The zero-order valence-electron chi connectivity index (χ0n) is 12.9. The molecule has 3 rings (SSSR count). The Hall–Kier alpha value is -2.23. The molecule has 2 N–H and O–H groups in total. The second-order valence-corrected chi connectivity index (χ2v) is 5.91. The minimum absolute atomic E-state index is 0.00244. The van der Waals surface area contributed by atoms with Crippen molar-refractivity contribution >= 4 is 11.4 Å². The van der Waals surface area contributed by atoms with Crippen LogP contribution in [0.4, 0.5) is 0 Å². The molecule has 118 valence electrons. The lowest BCUT2D eigenvalue weighted by atomic mass is 9.90. The Labute approximate surface area is 135 Å². The summed E-state index contributed by atoms with van der Waals surface area (Å²) in [5.41, 5.74) is 3.08. The molecule has 0 bridgehead atoms. The van der Waals surface area contributed by atoms with Gasteiger partial charge in [0.2, 0.25) is 0 Å². The average molecular weight is 308 g/mol. The molecule has 0 saturated heterocycles. The van der Waals surface area contributed by atoms with E-state index in [1.165, 1.54) is 0 Å². The Balaban J connectivity index is 1.99. The summed E-state index contributed by atoms with van der Waals surface area (Å²) in [6.45, 7) is -0.122. The summed E-state index contributed by atoms with van der Waals surface area (Å²) < 4.78 is 0. The molecular weight excluding hydrogens is 288 g/mol. The number of Topliss-reactive ketones (excluding diaryl/α,β-unsaturated/α-hetero) is 1. The number of rotatable bonds is 5. The van der Waals surface area contributed by atoms with Crippen molar-refractivity contribution in [2.24, 2.45) is 5.92 Å². The summed E-state index contributed by atoms with van der Waals surface area (Å²) in [5, 5.41) is 20.4. The Morgan fingerprint density at radius 3 is 2.22 bits per heavy atom. The Morgan fingerprint density at radius 2 is 1.61 bits per heavy atom. The molecular formula is C20H20O3. The van der Waals surface area contributed by atoms with Gasteiger partial charge in [0.25, 0.3) is 0 Å². The summed E-state index contributed by atoms with van der Waals surface area (Å²) in [4.78, 5) is 12.4. The summed E-state index contributed by atoms with van der Waals surface area (Å²) >= 11 is 0. The van der Waals surface area contributed by atoms with Gasteiger partial charge in [0.05, 0.1) is 12.7 Å². The minimum Gasteiger partial charge on any atom is -0.396 e. The monoisotopic (exact) mass is 308 g/mol. The van der Waals surface area contributed by atoms with Gasteiger partial charge in [-0.3, -0.25) is 4.79 Å². The maximum Gasteiger partial charge on any atom is 0.164 e. The summed E-state index contributed by atoms with van der Waals surface area (Å²) in [6, 6.07) is 19.1.